The van der Waals surface area contributed by atoms with Crippen molar-refractivity contribution < 1.29 is 0 Å². The zero-order chi connectivity index (χ0) is 13.5. The number of nitriles is 1. The maximum Gasteiger partial charge on any atom is 0.143 e. The monoisotopic (exact) mass is 263 g/mol. The molecule has 0 unspecified atom stereocenters. The fourth-order valence-electron chi connectivity index (χ4n) is 3.06. The van der Waals surface area contributed by atoms with Crippen molar-refractivity contribution in [2.75, 3.05) is 5.32 Å². The van der Waals surface area contributed by atoms with Crippen molar-refractivity contribution in [2.45, 2.75) is 31.7 Å². The molecular weight excluding hydrogens is 246 g/mol. The number of pyridine rings is 1. The second-order valence-corrected chi connectivity index (χ2v) is 6.03. The van der Waals surface area contributed by atoms with E-state index in [2.05, 4.69) is 22.4 Å². The number of benzene rings is 1. The Bertz CT molecular complexity index is 681. The Morgan fingerprint density at radius 1 is 1.15 bits per heavy atom. The van der Waals surface area contributed by atoms with E-state index in [1.54, 1.807) is 0 Å². The molecule has 100 valence electrons. The number of rotatable bonds is 4. The van der Waals surface area contributed by atoms with Gasteiger partial charge in [0, 0.05) is 17.1 Å². The summed E-state index contributed by atoms with van der Waals surface area (Å²) in [6.07, 6.45) is 5.40. The standard InChI is InChI=1S/C17H17N3/c18-10-13-9-16(14-3-1-2-4-15(14)19-13)20-17(11-5-6-11)12-7-8-12/h1-4,9,11-12,17H,5-8H2,(H,19,20). The first-order chi connectivity index (χ1) is 9.85. The summed E-state index contributed by atoms with van der Waals surface area (Å²) < 4.78 is 0. The van der Waals surface area contributed by atoms with Gasteiger partial charge >= 0.3 is 0 Å². The number of hydrogen-bond acceptors (Lipinski definition) is 3. The van der Waals surface area contributed by atoms with Crippen LogP contribution in [0.4, 0.5) is 5.69 Å². The number of nitrogens with one attached hydrogen (secondary N) is 1. The van der Waals surface area contributed by atoms with Crippen LogP contribution in [0.5, 0.6) is 0 Å². The number of anilines is 1. The second-order valence-electron chi connectivity index (χ2n) is 6.03. The molecule has 0 atom stereocenters. The van der Waals surface area contributed by atoms with Gasteiger partial charge in [-0.1, -0.05) is 18.2 Å². The summed E-state index contributed by atoms with van der Waals surface area (Å²) in [6.45, 7) is 0. The van der Waals surface area contributed by atoms with Gasteiger partial charge in [0.2, 0.25) is 0 Å². The molecule has 1 aromatic heterocycles. The number of aromatic nitrogens is 1. The summed E-state index contributed by atoms with van der Waals surface area (Å²) in [5.41, 5.74) is 2.48. The molecule has 2 aromatic rings. The van der Waals surface area contributed by atoms with Crippen molar-refractivity contribution in [3.8, 4) is 6.07 Å². The molecule has 0 radical (unpaired) electrons. The van der Waals surface area contributed by atoms with Crippen LogP contribution in [-0.2, 0) is 0 Å². The number of para-hydroxylation sites is 1. The van der Waals surface area contributed by atoms with Crippen LogP contribution in [0.2, 0.25) is 0 Å². The Balaban J connectivity index is 1.75. The van der Waals surface area contributed by atoms with Gasteiger partial charge in [0.25, 0.3) is 0 Å². The highest BCUT2D eigenvalue weighted by atomic mass is 15.0. The third-order valence-electron chi connectivity index (χ3n) is 4.41. The van der Waals surface area contributed by atoms with E-state index in [-0.39, 0.29) is 0 Å². The molecule has 2 aliphatic rings. The summed E-state index contributed by atoms with van der Waals surface area (Å²) in [6, 6.07) is 12.7. The molecule has 0 aliphatic heterocycles. The highest BCUT2D eigenvalue weighted by Crippen LogP contribution is 2.46. The van der Waals surface area contributed by atoms with Crippen LogP contribution < -0.4 is 5.32 Å². The molecule has 2 aliphatic carbocycles. The largest absolute Gasteiger partial charge is 0.381 e. The summed E-state index contributed by atoms with van der Waals surface area (Å²) in [4.78, 5) is 4.38. The van der Waals surface area contributed by atoms with E-state index in [9.17, 15) is 0 Å². The quantitative estimate of drug-likeness (QED) is 0.914. The zero-order valence-electron chi connectivity index (χ0n) is 11.3. The van der Waals surface area contributed by atoms with Crippen molar-refractivity contribution in [1.29, 1.82) is 5.26 Å². The minimum Gasteiger partial charge on any atom is -0.381 e. The summed E-state index contributed by atoms with van der Waals surface area (Å²) in [5.74, 6) is 1.67. The normalized spacial score (nSPS) is 18.2. The van der Waals surface area contributed by atoms with Crippen LogP contribution in [-0.4, -0.2) is 11.0 Å². The second kappa shape index (κ2) is 4.49. The van der Waals surface area contributed by atoms with Crippen molar-refractivity contribution in [3.05, 3.63) is 36.0 Å². The van der Waals surface area contributed by atoms with Gasteiger partial charge in [-0.05, 0) is 49.7 Å². The van der Waals surface area contributed by atoms with Crippen molar-refractivity contribution in [3.63, 3.8) is 0 Å². The number of hydrogen-bond donors (Lipinski definition) is 1. The molecule has 0 saturated heterocycles. The third-order valence-corrected chi connectivity index (χ3v) is 4.41. The molecule has 3 nitrogen and oxygen atoms in total. The molecule has 1 aromatic carbocycles. The van der Waals surface area contributed by atoms with Gasteiger partial charge in [0.05, 0.1) is 5.52 Å². The third kappa shape index (κ3) is 2.12. The lowest BCUT2D eigenvalue weighted by molar-refractivity contribution is 0.568. The summed E-state index contributed by atoms with van der Waals surface area (Å²) >= 11 is 0. The number of fused-ring (bicyclic) bond motifs is 1. The average Bonchev–Trinajstić information content (AvgIpc) is 3.37. The predicted molar refractivity (Wildman–Crippen MR) is 79.3 cm³/mol. The van der Waals surface area contributed by atoms with Crippen LogP contribution in [0, 0.1) is 23.2 Å². The topological polar surface area (TPSA) is 48.7 Å². The lowest BCUT2D eigenvalue weighted by Crippen LogP contribution is -2.24. The van der Waals surface area contributed by atoms with E-state index in [1.807, 2.05) is 24.3 Å². The molecule has 4 rings (SSSR count). The van der Waals surface area contributed by atoms with Crippen molar-refractivity contribution in [2.24, 2.45) is 11.8 Å². The molecule has 1 N–H and O–H groups in total. The molecule has 2 saturated carbocycles. The van der Waals surface area contributed by atoms with E-state index in [0.717, 1.165) is 28.4 Å². The minimum atomic E-state index is 0.497. The summed E-state index contributed by atoms with van der Waals surface area (Å²) in [7, 11) is 0. The first kappa shape index (κ1) is 11.7. The van der Waals surface area contributed by atoms with Crippen LogP contribution >= 0.6 is 0 Å². The zero-order valence-corrected chi connectivity index (χ0v) is 11.3. The van der Waals surface area contributed by atoms with Gasteiger partial charge in [0.1, 0.15) is 11.8 Å². The molecule has 2 fully saturated rings. The highest BCUT2D eigenvalue weighted by Gasteiger charge is 2.41. The van der Waals surface area contributed by atoms with Crippen LogP contribution in [0.15, 0.2) is 30.3 Å². The smallest absolute Gasteiger partial charge is 0.143 e. The van der Waals surface area contributed by atoms with E-state index in [1.165, 1.54) is 25.7 Å². The van der Waals surface area contributed by atoms with E-state index in [0.29, 0.717) is 11.7 Å². The lowest BCUT2D eigenvalue weighted by atomic mass is 10.1. The Labute approximate surface area is 118 Å². The van der Waals surface area contributed by atoms with Gasteiger partial charge in [0.15, 0.2) is 0 Å². The molecule has 1 heterocycles. The summed E-state index contributed by atoms with van der Waals surface area (Å²) in [5, 5.41) is 14.0. The minimum absolute atomic E-state index is 0.497. The predicted octanol–water partition coefficient (Wildman–Crippen LogP) is 3.71. The molecule has 0 spiro atoms. The van der Waals surface area contributed by atoms with Gasteiger partial charge < -0.3 is 5.32 Å². The Kier molecular flexibility index (Phi) is 2.63. The van der Waals surface area contributed by atoms with Crippen LogP contribution in [0.3, 0.4) is 0 Å². The lowest BCUT2D eigenvalue weighted by Gasteiger charge is -2.20. The van der Waals surface area contributed by atoms with Crippen molar-refractivity contribution >= 4 is 16.6 Å². The highest BCUT2D eigenvalue weighted by molar-refractivity contribution is 5.92. The van der Waals surface area contributed by atoms with E-state index >= 15 is 0 Å². The van der Waals surface area contributed by atoms with Gasteiger partial charge in [-0.15, -0.1) is 0 Å². The average molecular weight is 263 g/mol. The Morgan fingerprint density at radius 3 is 2.50 bits per heavy atom. The van der Waals surface area contributed by atoms with Crippen LogP contribution in [0.1, 0.15) is 31.4 Å². The first-order valence-corrected chi connectivity index (χ1v) is 7.41. The fraction of sp³-hybridized carbons (Fsp3) is 0.412. The van der Waals surface area contributed by atoms with E-state index in [4.69, 9.17) is 5.26 Å². The van der Waals surface area contributed by atoms with E-state index < -0.39 is 0 Å². The van der Waals surface area contributed by atoms with Crippen molar-refractivity contribution in [1.82, 2.24) is 4.98 Å². The molecule has 20 heavy (non-hydrogen) atoms. The van der Waals surface area contributed by atoms with Gasteiger partial charge in [-0.25, -0.2) is 4.98 Å². The fourth-order valence-corrected chi connectivity index (χ4v) is 3.06. The Morgan fingerprint density at radius 2 is 1.85 bits per heavy atom. The maximum absolute atomic E-state index is 9.16. The van der Waals surface area contributed by atoms with Crippen LogP contribution in [0.25, 0.3) is 10.9 Å². The molecule has 3 heteroatoms. The Hall–Kier alpha value is -2.08. The molecule has 0 amide bonds. The SMILES string of the molecule is N#Cc1cc(NC(C2CC2)C2CC2)c2ccccc2n1. The first-order valence-electron chi connectivity index (χ1n) is 7.41. The molecular formula is C17H17N3. The molecule has 0 bridgehead atoms. The number of nitrogens with zero attached hydrogens (tertiary/aromatic N) is 2. The van der Waals surface area contributed by atoms with Gasteiger partial charge in [-0.3, -0.25) is 0 Å². The van der Waals surface area contributed by atoms with Gasteiger partial charge in [-0.2, -0.15) is 5.26 Å². The maximum atomic E-state index is 9.16.